The van der Waals surface area contributed by atoms with Crippen LogP contribution in [0, 0.1) is 11.3 Å². The summed E-state index contributed by atoms with van der Waals surface area (Å²) >= 11 is 0. The van der Waals surface area contributed by atoms with E-state index in [1.165, 1.54) is 8.97 Å². The van der Waals surface area contributed by atoms with Gasteiger partial charge in [0.25, 0.3) is 5.56 Å². The quantitative estimate of drug-likeness (QED) is 0.562. The summed E-state index contributed by atoms with van der Waals surface area (Å²) in [6.45, 7) is 0.224. The number of hydrogen-bond donors (Lipinski definition) is 0. The minimum absolute atomic E-state index is 0.165. The largest absolute Gasteiger partial charge is 0.353 e. The first kappa shape index (κ1) is 15.8. The van der Waals surface area contributed by atoms with Crippen LogP contribution in [0.25, 0.3) is 16.7 Å². The molecule has 0 aliphatic heterocycles. The molecule has 0 atom stereocenters. The molecule has 0 saturated heterocycles. The zero-order valence-electron chi connectivity index (χ0n) is 13.9. The van der Waals surface area contributed by atoms with Crippen LogP contribution in [-0.2, 0) is 19.5 Å². The van der Waals surface area contributed by atoms with Gasteiger partial charge in [-0.15, -0.1) is 5.10 Å². The number of para-hydroxylation sites is 1. The summed E-state index contributed by atoms with van der Waals surface area (Å²) in [7, 11) is 0. The van der Waals surface area contributed by atoms with Crippen LogP contribution in [-0.4, -0.2) is 18.7 Å². The lowest BCUT2D eigenvalue weighted by molar-refractivity contribution is 0.657. The Labute approximate surface area is 148 Å². The Kier molecular flexibility index (Phi) is 3.86. The van der Waals surface area contributed by atoms with Gasteiger partial charge in [0.1, 0.15) is 6.54 Å². The van der Waals surface area contributed by atoms with E-state index in [4.69, 9.17) is 5.26 Å². The summed E-state index contributed by atoms with van der Waals surface area (Å²) in [6.07, 6.45) is 0.633. The van der Waals surface area contributed by atoms with Crippen molar-refractivity contribution < 1.29 is 0 Å². The monoisotopic (exact) mass is 345 g/mol. The number of nitriles is 1. The molecule has 4 aromatic rings. The molecule has 0 aliphatic rings. The zero-order valence-corrected chi connectivity index (χ0v) is 13.9. The number of benzene rings is 2. The lowest BCUT2D eigenvalue weighted by Gasteiger charge is -2.09. The molecule has 0 amide bonds. The van der Waals surface area contributed by atoms with Gasteiger partial charge in [-0.3, -0.25) is 9.36 Å². The van der Waals surface area contributed by atoms with Crippen molar-refractivity contribution in [1.82, 2.24) is 18.7 Å². The number of nitrogens with zero attached hydrogens (tertiary/aromatic N) is 5. The zero-order chi connectivity index (χ0) is 18.1. The number of hydrogen-bond acceptors (Lipinski definition) is 4. The van der Waals surface area contributed by atoms with Gasteiger partial charge in [0, 0.05) is 6.54 Å². The average Bonchev–Trinajstić information content (AvgIpc) is 2.99. The molecule has 128 valence electrons. The van der Waals surface area contributed by atoms with Crippen LogP contribution in [0.5, 0.6) is 0 Å². The van der Waals surface area contributed by atoms with E-state index in [0.717, 1.165) is 10.2 Å². The molecular weight excluding hydrogens is 330 g/mol. The van der Waals surface area contributed by atoms with Crippen molar-refractivity contribution >= 4 is 16.7 Å². The van der Waals surface area contributed by atoms with Gasteiger partial charge in [0.05, 0.1) is 17.0 Å². The molecule has 0 saturated carbocycles. The summed E-state index contributed by atoms with van der Waals surface area (Å²) < 4.78 is 3.99. The fourth-order valence-electron chi connectivity index (χ4n) is 3.12. The maximum absolute atomic E-state index is 13.0. The third-order valence-electron chi connectivity index (χ3n) is 4.37. The highest BCUT2D eigenvalue weighted by atomic mass is 16.2. The Balaban J connectivity index is 1.97. The van der Waals surface area contributed by atoms with Crippen molar-refractivity contribution in [3.05, 3.63) is 81.0 Å². The van der Waals surface area contributed by atoms with Gasteiger partial charge >= 0.3 is 5.69 Å². The molecule has 26 heavy (non-hydrogen) atoms. The van der Waals surface area contributed by atoms with Gasteiger partial charge < -0.3 is 0 Å². The van der Waals surface area contributed by atoms with E-state index in [2.05, 4.69) is 5.10 Å². The number of aromatic nitrogens is 4. The second-order valence-corrected chi connectivity index (χ2v) is 5.94. The van der Waals surface area contributed by atoms with Crippen molar-refractivity contribution in [2.24, 2.45) is 0 Å². The second kappa shape index (κ2) is 6.33. The van der Waals surface area contributed by atoms with E-state index < -0.39 is 5.69 Å². The molecule has 2 aromatic heterocycles. The second-order valence-electron chi connectivity index (χ2n) is 5.94. The highest BCUT2D eigenvalue weighted by molar-refractivity contribution is 5.79. The van der Waals surface area contributed by atoms with Crippen molar-refractivity contribution in [2.45, 2.75) is 19.5 Å². The van der Waals surface area contributed by atoms with E-state index >= 15 is 0 Å². The first-order chi connectivity index (χ1) is 12.7. The van der Waals surface area contributed by atoms with Crippen molar-refractivity contribution in [3.63, 3.8) is 0 Å². The lowest BCUT2D eigenvalue weighted by Crippen LogP contribution is -2.27. The molecule has 0 spiro atoms. The minimum Gasteiger partial charge on any atom is -0.276 e. The first-order valence-corrected chi connectivity index (χ1v) is 8.22. The SMILES string of the molecule is N#CCn1nc2n(CCc3ccccc3)c(=O)c3ccccc3n2c1=O. The Bertz CT molecular complexity index is 1260. The fourth-order valence-corrected chi connectivity index (χ4v) is 3.12. The van der Waals surface area contributed by atoms with E-state index in [1.54, 1.807) is 24.3 Å². The molecular formula is C19H15N5O2. The lowest BCUT2D eigenvalue weighted by atomic mass is 10.1. The van der Waals surface area contributed by atoms with Gasteiger partial charge in [-0.2, -0.15) is 9.94 Å². The summed E-state index contributed by atoms with van der Waals surface area (Å²) in [4.78, 5) is 25.6. The maximum Gasteiger partial charge on any atom is 0.353 e. The standard InChI is InChI=1S/C19H15N5O2/c20-11-13-23-19(26)24-16-9-5-4-8-15(16)17(25)22(18(24)21-23)12-10-14-6-2-1-3-7-14/h1-9H,10,12-13H2. The Morgan fingerprint density at radius 1 is 1.00 bits per heavy atom. The van der Waals surface area contributed by atoms with Crippen LogP contribution in [0.3, 0.4) is 0 Å². The summed E-state index contributed by atoms with van der Waals surface area (Å²) in [6, 6.07) is 18.7. The van der Waals surface area contributed by atoms with Crippen molar-refractivity contribution in [3.8, 4) is 6.07 Å². The molecule has 2 aromatic carbocycles. The molecule has 2 heterocycles. The van der Waals surface area contributed by atoms with Crippen LogP contribution >= 0.6 is 0 Å². The van der Waals surface area contributed by atoms with Gasteiger partial charge in [0.15, 0.2) is 0 Å². The molecule has 0 bridgehead atoms. The van der Waals surface area contributed by atoms with E-state index in [-0.39, 0.29) is 17.9 Å². The van der Waals surface area contributed by atoms with Gasteiger partial charge in [-0.1, -0.05) is 42.5 Å². The summed E-state index contributed by atoms with van der Waals surface area (Å²) in [5.74, 6) is 0.255. The predicted octanol–water partition coefficient (Wildman–Crippen LogP) is 1.58. The molecule has 0 aliphatic carbocycles. The Morgan fingerprint density at radius 2 is 1.73 bits per heavy atom. The van der Waals surface area contributed by atoms with Gasteiger partial charge in [0.2, 0.25) is 5.78 Å². The molecule has 7 nitrogen and oxygen atoms in total. The number of rotatable bonds is 4. The number of aryl methyl sites for hydroxylation is 2. The molecule has 0 radical (unpaired) electrons. The van der Waals surface area contributed by atoms with Crippen LogP contribution in [0.4, 0.5) is 0 Å². The average molecular weight is 345 g/mol. The van der Waals surface area contributed by atoms with Crippen molar-refractivity contribution in [2.75, 3.05) is 0 Å². The van der Waals surface area contributed by atoms with Crippen LogP contribution in [0.1, 0.15) is 5.56 Å². The molecule has 0 unspecified atom stereocenters. The van der Waals surface area contributed by atoms with Crippen LogP contribution < -0.4 is 11.2 Å². The topological polar surface area (TPSA) is 85.1 Å². The highest BCUT2D eigenvalue weighted by Crippen LogP contribution is 2.11. The van der Waals surface area contributed by atoms with Crippen molar-refractivity contribution in [1.29, 1.82) is 5.26 Å². The van der Waals surface area contributed by atoms with Gasteiger partial charge in [-0.25, -0.2) is 9.20 Å². The first-order valence-electron chi connectivity index (χ1n) is 8.22. The number of fused-ring (bicyclic) bond motifs is 3. The van der Waals surface area contributed by atoms with Gasteiger partial charge in [-0.05, 0) is 24.1 Å². The van der Waals surface area contributed by atoms with E-state index in [0.29, 0.717) is 23.9 Å². The summed E-state index contributed by atoms with van der Waals surface area (Å²) in [5, 5.41) is 13.6. The molecule has 0 fully saturated rings. The smallest absolute Gasteiger partial charge is 0.276 e. The molecule has 7 heteroatoms. The molecule has 0 N–H and O–H groups in total. The molecule has 4 rings (SSSR count). The highest BCUT2D eigenvalue weighted by Gasteiger charge is 2.16. The normalized spacial score (nSPS) is 11.0. The third-order valence-corrected chi connectivity index (χ3v) is 4.37. The Morgan fingerprint density at radius 3 is 2.50 bits per heavy atom. The van der Waals surface area contributed by atoms with Crippen LogP contribution in [0.2, 0.25) is 0 Å². The predicted molar refractivity (Wildman–Crippen MR) is 97.0 cm³/mol. The maximum atomic E-state index is 13.0. The fraction of sp³-hybridized carbons (Fsp3) is 0.158. The minimum atomic E-state index is -0.425. The Hall–Kier alpha value is -3.66. The van der Waals surface area contributed by atoms with Crippen LogP contribution in [0.15, 0.2) is 64.2 Å². The van der Waals surface area contributed by atoms with E-state index in [9.17, 15) is 9.59 Å². The van der Waals surface area contributed by atoms with E-state index in [1.807, 2.05) is 36.4 Å². The third kappa shape index (κ3) is 2.48. The summed E-state index contributed by atoms with van der Waals surface area (Å²) in [5.41, 5.74) is 0.964.